The first-order valence-electron chi connectivity index (χ1n) is 8.62. The molecule has 0 unspecified atom stereocenters. The van der Waals surface area contributed by atoms with E-state index in [1.54, 1.807) is 11.0 Å². The van der Waals surface area contributed by atoms with Crippen molar-refractivity contribution in [1.29, 1.82) is 5.26 Å². The fourth-order valence-electron chi connectivity index (χ4n) is 2.80. The summed E-state index contributed by atoms with van der Waals surface area (Å²) < 4.78 is 19.0. The van der Waals surface area contributed by atoms with Gasteiger partial charge >= 0.3 is 6.09 Å². The van der Waals surface area contributed by atoms with Crippen molar-refractivity contribution in [2.75, 3.05) is 13.1 Å². The van der Waals surface area contributed by atoms with E-state index < -0.39 is 11.4 Å². The number of benzene rings is 1. The molecule has 25 heavy (non-hydrogen) atoms. The van der Waals surface area contributed by atoms with Crippen molar-refractivity contribution in [3.63, 3.8) is 0 Å². The highest BCUT2D eigenvalue weighted by Gasteiger charge is 2.26. The van der Waals surface area contributed by atoms with Gasteiger partial charge in [-0.05, 0) is 63.6 Å². The Morgan fingerprint density at radius 1 is 1.40 bits per heavy atom. The van der Waals surface area contributed by atoms with Crippen LogP contribution in [0.3, 0.4) is 0 Å². The smallest absolute Gasteiger partial charge is 0.410 e. The van der Waals surface area contributed by atoms with Gasteiger partial charge in [-0.3, -0.25) is 0 Å². The van der Waals surface area contributed by atoms with Crippen molar-refractivity contribution in [1.82, 2.24) is 4.90 Å². The van der Waals surface area contributed by atoms with Crippen molar-refractivity contribution >= 4 is 12.2 Å². The van der Waals surface area contributed by atoms with Crippen LogP contribution in [0.15, 0.2) is 24.3 Å². The molecule has 1 heterocycles. The lowest BCUT2D eigenvalue weighted by molar-refractivity contribution is 0.0185. The highest BCUT2D eigenvalue weighted by atomic mass is 19.1. The van der Waals surface area contributed by atoms with Gasteiger partial charge < -0.3 is 9.64 Å². The number of halogens is 1. The molecule has 1 aliphatic heterocycles. The highest BCUT2D eigenvalue weighted by Crippen LogP contribution is 2.23. The van der Waals surface area contributed by atoms with Crippen LogP contribution in [0.25, 0.3) is 6.08 Å². The molecule has 0 atom stereocenters. The van der Waals surface area contributed by atoms with E-state index in [1.807, 2.05) is 39.0 Å². The number of rotatable bonds is 3. The molecule has 0 aliphatic carbocycles. The van der Waals surface area contributed by atoms with E-state index in [4.69, 9.17) is 10.00 Å². The molecule has 134 valence electrons. The summed E-state index contributed by atoms with van der Waals surface area (Å²) in [5.74, 6) is 0.0217. The maximum Gasteiger partial charge on any atom is 0.410 e. The van der Waals surface area contributed by atoms with E-state index in [0.717, 1.165) is 24.8 Å². The number of piperidine rings is 1. The zero-order valence-electron chi connectivity index (χ0n) is 15.1. The predicted octanol–water partition coefficient (Wildman–Crippen LogP) is 4.75. The standard InChI is InChI=1S/C20H25FN2O2/c1-20(2,3)25-19(24)23-11-9-15(10-12-23)5-4-6-16-7-8-17(14-22)18(21)13-16/h4,6-8,13,15H,5,9-12H2,1-3H3/b6-4+. The van der Waals surface area contributed by atoms with E-state index in [2.05, 4.69) is 0 Å². The monoisotopic (exact) mass is 344 g/mol. The first kappa shape index (κ1) is 19.0. The molecule has 4 nitrogen and oxygen atoms in total. The Kier molecular flexibility index (Phi) is 6.19. The Bertz CT molecular complexity index is 678. The largest absolute Gasteiger partial charge is 0.444 e. The molecule has 1 aromatic carbocycles. The first-order valence-corrected chi connectivity index (χ1v) is 8.62. The Morgan fingerprint density at radius 3 is 2.64 bits per heavy atom. The number of carbonyl (C=O) groups excluding carboxylic acids is 1. The fourth-order valence-corrected chi connectivity index (χ4v) is 2.80. The third-order valence-electron chi connectivity index (χ3n) is 4.16. The molecule has 1 saturated heterocycles. The summed E-state index contributed by atoms with van der Waals surface area (Å²) in [4.78, 5) is 13.8. The number of hydrogen-bond acceptors (Lipinski definition) is 3. The van der Waals surface area contributed by atoms with Crippen LogP contribution < -0.4 is 0 Å². The Hall–Kier alpha value is -2.35. The number of amides is 1. The molecule has 0 bridgehead atoms. The van der Waals surface area contributed by atoms with Gasteiger partial charge in [0.1, 0.15) is 17.5 Å². The molecule has 0 spiro atoms. The first-order chi connectivity index (χ1) is 11.8. The van der Waals surface area contributed by atoms with Crippen LogP contribution >= 0.6 is 0 Å². The number of likely N-dealkylation sites (tertiary alicyclic amines) is 1. The van der Waals surface area contributed by atoms with Gasteiger partial charge in [0.2, 0.25) is 0 Å². The molecule has 1 aliphatic rings. The van der Waals surface area contributed by atoms with Crippen molar-refractivity contribution in [3.8, 4) is 6.07 Å². The molecular weight excluding hydrogens is 319 g/mol. The van der Waals surface area contributed by atoms with Crippen molar-refractivity contribution < 1.29 is 13.9 Å². The quantitative estimate of drug-likeness (QED) is 0.795. The maximum atomic E-state index is 13.6. The Balaban J connectivity index is 1.80. The van der Waals surface area contributed by atoms with Gasteiger partial charge in [0.05, 0.1) is 5.56 Å². The number of nitrogens with zero attached hydrogens (tertiary/aromatic N) is 2. The van der Waals surface area contributed by atoms with Gasteiger partial charge in [0, 0.05) is 13.1 Å². The molecular formula is C20H25FN2O2. The van der Waals surface area contributed by atoms with Gasteiger partial charge in [-0.15, -0.1) is 0 Å². The molecule has 1 amide bonds. The maximum absolute atomic E-state index is 13.6. The summed E-state index contributed by atoms with van der Waals surface area (Å²) in [5.41, 5.74) is 0.349. The zero-order chi connectivity index (χ0) is 18.4. The van der Waals surface area contributed by atoms with Gasteiger partial charge in [-0.1, -0.05) is 18.2 Å². The van der Waals surface area contributed by atoms with E-state index >= 15 is 0 Å². The van der Waals surface area contributed by atoms with E-state index in [0.29, 0.717) is 19.0 Å². The summed E-state index contributed by atoms with van der Waals surface area (Å²) in [6.45, 7) is 7.02. The topological polar surface area (TPSA) is 53.3 Å². The predicted molar refractivity (Wildman–Crippen MR) is 95.3 cm³/mol. The lowest BCUT2D eigenvalue weighted by atomic mass is 9.93. The second-order valence-electron chi connectivity index (χ2n) is 7.40. The summed E-state index contributed by atoms with van der Waals surface area (Å²) in [6, 6.07) is 6.42. The molecule has 1 fully saturated rings. The number of allylic oxidation sites excluding steroid dienone is 1. The summed E-state index contributed by atoms with van der Waals surface area (Å²) in [6.07, 6.45) is 6.44. The molecule has 1 aromatic rings. The number of nitriles is 1. The Morgan fingerprint density at radius 2 is 2.08 bits per heavy atom. The van der Waals surface area contributed by atoms with Crippen molar-refractivity contribution in [3.05, 3.63) is 41.2 Å². The van der Waals surface area contributed by atoms with E-state index in [1.165, 1.54) is 12.1 Å². The second kappa shape index (κ2) is 8.15. The average Bonchev–Trinajstić information content (AvgIpc) is 2.54. The molecule has 0 N–H and O–H groups in total. The molecule has 2 rings (SSSR count). The molecule has 0 saturated carbocycles. The van der Waals surface area contributed by atoms with Gasteiger partial charge in [0.25, 0.3) is 0 Å². The van der Waals surface area contributed by atoms with Crippen LogP contribution in [0.2, 0.25) is 0 Å². The van der Waals surface area contributed by atoms with Gasteiger partial charge in [-0.2, -0.15) is 5.26 Å². The number of carbonyl (C=O) groups is 1. The minimum Gasteiger partial charge on any atom is -0.444 e. The van der Waals surface area contributed by atoms with Crippen LogP contribution in [-0.2, 0) is 4.74 Å². The zero-order valence-corrected chi connectivity index (χ0v) is 15.1. The normalized spacial score (nSPS) is 16.0. The van der Waals surface area contributed by atoms with Gasteiger partial charge in [0.15, 0.2) is 0 Å². The Labute approximate surface area is 148 Å². The SMILES string of the molecule is CC(C)(C)OC(=O)N1CCC(C/C=C/c2ccc(C#N)c(F)c2)CC1. The molecule has 0 radical (unpaired) electrons. The molecule has 5 heteroatoms. The number of hydrogen-bond donors (Lipinski definition) is 0. The highest BCUT2D eigenvalue weighted by molar-refractivity contribution is 5.68. The minimum atomic E-state index is -0.490. The third kappa shape index (κ3) is 5.90. The summed E-state index contributed by atoms with van der Waals surface area (Å²) in [5, 5.41) is 8.73. The van der Waals surface area contributed by atoms with Gasteiger partial charge in [-0.25, -0.2) is 9.18 Å². The summed E-state index contributed by atoms with van der Waals surface area (Å²) >= 11 is 0. The minimum absolute atomic E-state index is 0.0617. The summed E-state index contributed by atoms with van der Waals surface area (Å²) in [7, 11) is 0. The van der Waals surface area contributed by atoms with Crippen LogP contribution in [0.4, 0.5) is 9.18 Å². The van der Waals surface area contributed by atoms with Crippen molar-refractivity contribution in [2.24, 2.45) is 5.92 Å². The molecule has 0 aromatic heterocycles. The van der Waals surface area contributed by atoms with E-state index in [-0.39, 0.29) is 11.7 Å². The number of ether oxygens (including phenoxy) is 1. The average molecular weight is 344 g/mol. The van der Waals surface area contributed by atoms with Crippen molar-refractivity contribution in [2.45, 2.75) is 45.6 Å². The second-order valence-corrected chi connectivity index (χ2v) is 7.40. The van der Waals surface area contributed by atoms with Crippen LogP contribution in [0.5, 0.6) is 0 Å². The lowest BCUT2D eigenvalue weighted by Crippen LogP contribution is -2.41. The third-order valence-corrected chi connectivity index (χ3v) is 4.16. The van der Waals surface area contributed by atoms with E-state index in [9.17, 15) is 9.18 Å². The van der Waals surface area contributed by atoms with Crippen LogP contribution in [0, 0.1) is 23.1 Å². The van der Waals surface area contributed by atoms with Crippen LogP contribution in [-0.4, -0.2) is 29.7 Å². The van der Waals surface area contributed by atoms with Crippen LogP contribution in [0.1, 0.15) is 51.2 Å². The fraction of sp³-hybridized carbons (Fsp3) is 0.500. The lowest BCUT2D eigenvalue weighted by Gasteiger charge is -2.33.